The molecule has 4 heteroatoms. The zero-order chi connectivity index (χ0) is 36.9. The van der Waals surface area contributed by atoms with Crippen LogP contribution in [-0.4, -0.2) is 15.0 Å². The van der Waals surface area contributed by atoms with Gasteiger partial charge < -0.3 is 4.42 Å². The third kappa shape index (κ3) is 5.35. The van der Waals surface area contributed by atoms with Crippen LogP contribution in [0, 0.1) is 0 Å². The zero-order valence-electron chi connectivity index (χ0n) is 31.1. The van der Waals surface area contributed by atoms with Crippen LogP contribution in [0.25, 0.3) is 89.5 Å². The van der Waals surface area contributed by atoms with Gasteiger partial charge >= 0.3 is 0 Å². The average Bonchev–Trinajstić information content (AvgIpc) is 3.62. The van der Waals surface area contributed by atoms with E-state index in [9.17, 15) is 0 Å². The van der Waals surface area contributed by atoms with Crippen LogP contribution in [-0.2, 0) is 0 Å². The lowest BCUT2D eigenvalue weighted by Crippen LogP contribution is -2.00. The van der Waals surface area contributed by atoms with Crippen molar-refractivity contribution < 1.29 is 11.3 Å². The first kappa shape index (κ1) is 23.6. The Balaban J connectivity index is 1.33. The van der Waals surface area contributed by atoms with Gasteiger partial charge in [0, 0.05) is 33.0 Å². The molecule has 7 aromatic carbocycles. The summed E-state index contributed by atoms with van der Waals surface area (Å²) < 4.78 is 49.5. The first-order valence-electron chi connectivity index (χ1n) is 18.5. The monoisotopic (exact) mass is 632 g/mol. The Labute approximate surface area is 291 Å². The molecule has 0 saturated carbocycles. The van der Waals surface area contributed by atoms with Gasteiger partial charge in [0.25, 0.3) is 0 Å². The van der Waals surface area contributed by atoms with E-state index >= 15 is 0 Å². The van der Waals surface area contributed by atoms with Gasteiger partial charge in [0.1, 0.15) is 11.2 Å². The molecule has 0 radical (unpaired) electrons. The Morgan fingerprint density at radius 3 is 1.69 bits per heavy atom. The van der Waals surface area contributed by atoms with Gasteiger partial charge in [0.15, 0.2) is 17.5 Å². The van der Waals surface area contributed by atoms with Gasteiger partial charge in [-0.15, -0.1) is 0 Å². The van der Waals surface area contributed by atoms with E-state index in [4.69, 9.17) is 26.2 Å². The summed E-state index contributed by atoms with van der Waals surface area (Å²) in [6.45, 7) is 0. The van der Waals surface area contributed by atoms with Gasteiger partial charge in [0.2, 0.25) is 0 Å². The van der Waals surface area contributed by atoms with E-state index in [1.165, 1.54) is 0 Å². The first-order valence-corrected chi connectivity index (χ1v) is 16.0. The van der Waals surface area contributed by atoms with E-state index in [1.807, 2.05) is 121 Å². The van der Waals surface area contributed by atoms with Gasteiger partial charge in [-0.3, -0.25) is 0 Å². The third-order valence-corrected chi connectivity index (χ3v) is 8.61. The second-order valence-electron chi connectivity index (χ2n) is 11.7. The summed E-state index contributed by atoms with van der Waals surface area (Å²) in [6.07, 6.45) is 0. The van der Waals surface area contributed by atoms with Gasteiger partial charge in [0.05, 0.1) is 6.85 Å². The van der Waals surface area contributed by atoms with E-state index < -0.39 is 18.1 Å². The molecule has 0 atom stereocenters. The van der Waals surface area contributed by atoms with Crippen LogP contribution in [0.4, 0.5) is 0 Å². The van der Waals surface area contributed by atoms with E-state index in [1.54, 1.807) is 0 Å². The predicted octanol–water partition coefficient (Wildman–Crippen LogP) is 11.8. The van der Waals surface area contributed by atoms with Crippen LogP contribution in [0.5, 0.6) is 0 Å². The number of rotatable bonds is 6. The number of aromatic nitrogens is 3. The van der Waals surface area contributed by atoms with Crippen molar-refractivity contribution in [1.82, 2.24) is 15.0 Å². The molecule has 0 unspecified atom stereocenters. The number of benzene rings is 7. The minimum atomic E-state index is -0.453. The fourth-order valence-corrected chi connectivity index (χ4v) is 6.29. The molecule has 0 bridgehead atoms. The normalized spacial score (nSPS) is 12.7. The fourth-order valence-electron chi connectivity index (χ4n) is 6.29. The first-order chi connectivity index (χ1) is 26.4. The average molecular weight is 633 g/mol. The Morgan fingerprint density at radius 1 is 0.408 bits per heavy atom. The van der Waals surface area contributed by atoms with Crippen molar-refractivity contribution in [2.45, 2.75) is 0 Å². The lowest BCUT2D eigenvalue weighted by atomic mass is 9.95. The molecule has 2 heterocycles. The van der Waals surface area contributed by atoms with Crippen molar-refractivity contribution in [1.29, 1.82) is 0 Å². The fraction of sp³-hybridized carbons (Fsp3) is 0. The zero-order valence-corrected chi connectivity index (χ0v) is 26.1. The molecular formula is C45H29N3O. The molecule has 0 fully saturated rings. The summed E-state index contributed by atoms with van der Waals surface area (Å²) in [5, 5.41) is 1.42. The maximum absolute atomic E-state index is 8.87. The maximum atomic E-state index is 8.87. The van der Waals surface area contributed by atoms with Crippen LogP contribution in [0.15, 0.2) is 180 Å². The van der Waals surface area contributed by atoms with Crippen LogP contribution >= 0.6 is 0 Å². The highest BCUT2D eigenvalue weighted by molar-refractivity contribution is 6.16. The second kappa shape index (κ2) is 12.2. The van der Waals surface area contributed by atoms with E-state index in [0.717, 1.165) is 38.8 Å². The van der Waals surface area contributed by atoms with Crippen LogP contribution in [0.2, 0.25) is 0 Å². The lowest BCUT2D eigenvalue weighted by molar-refractivity contribution is 0.670. The minimum Gasteiger partial charge on any atom is -0.455 e. The molecule has 2 aromatic heterocycles. The number of fused-ring (bicyclic) bond motifs is 3. The molecule has 0 aliphatic carbocycles. The Morgan fingerprint density at radius 2 is 0.980 bits per heavy atom. The van der Waals surface area contributed by atoms with Gasteiger partial charge in [-0.2, -0.15) is 0 Å². The van der Waals surface area contributed by atoms with Gasteiger partial charge in [-0.05, 0) is 52.1 Å². The quantitative estimate of drug-likeness (QED) is 0.183. The SMILES string of the molecule is [2H]c1c([2H])c([2H])c(-c2cc(-c3ccccc3)cc3c2oc2cccc(-c4nc(-c5ccccc5)nc(-c5cccc(-c6ccccc6)c5)n4)c23)c([2H])c1[2H]. The molecule has 4 nitrogen and oxygen atoms in total. The Bertz CT molecular complexity index is 2850. The van der Waals surface area contributed by atoms with Crippen molar-refractivity contribution in [3.63, 3.8) is 0 Å². The molecule has 0 amide bonds. The third-order valence-electron chi connectivity index (χ3n) is 8.61. The van der Waals surface area contributed by atoms with Crippen molar-refractivity contribution in [3.8, 4) is 67.5 Å². The van der Waals surface area contributed by atoms with Crippen LogP contribution in [0.1, 0.15) is 6.85 Å². The summed E-state index contributed by atoms with van der Waals surface area (Å²) in [6, 6.07) is 45.5. The maximum Gasteiger partial charge on any atom is 0.164 e. The summed E-state index contributed by atoms with van der Waals surface area (Å²) in [5.74, 6) is 1.45. The Kier molecular flexibility index (Phi) is 5.87. The van der Waals surface area contributed by atoms with Crippen molar-refractivity contribution in [2.75, 3.05) is 0 Å². The molecule has 0 aliphatic rings. The Hall–Kier alpha value is -6.65. The minimum absolute atomic E-state index is 0.0662. The molecule has 230 valence electrons. The molecule has 9 rings (SSSR count). The molecule has 9 aromatic rings. The summed E-state index contributed by atoms with van der Waals surface area (Å²) in [5.41, 5.74) is 7.55. The topological polar surface area (TPSA) is 51.8 Å². The van der Waals surface area contributed by atoms with Crippen LogP contribution in [0.3, 0.4) is 0 Å². The molecule has 0 saturated heterocycles. The van der Waals surface area contributed by atoms with Crippen molar-refractivity contribution in [2.24, 2.45) is 0 Å². The lowest BCUT2D eigenvalue weighted by Gasteiger charge is -2.11. The number of furan rings is 1. The molecule has 0 aliphatic heterocycles. The van der Waals surface area contributed by atoms with E-state index in [0.29, 0.717) is 45.2 Å². The smallest absolute Gasteiger partial charge is 0.164 e. The van der Waals surface area contributed by atoms with Gasteiger partial charge in [-0.25, -0.2) is 15.0 Å². The van der Waals surface area contributed by atoms with Crippen molar-refractivity contribution in [3.05, 3.63) is 176 Å². The highest BCUT2D eigenvalue weighted by Gasteiger charge is 2.21. The molecule has 0 spiro atoms. The summed E-state index contributed by atoms with van der Waals surface area (Å²) in [4.78, 5) is 15.1. The summed E-state index contributed by atoms with van der Waals surface area (Å²) in [7, 11) is 0. The highest BCUT2D eigenvalue weighted by atomic mass is 16.3. The molecule has 49 heavy (non-hydrogen) atoms. The highest BCUT2D eigenvalue weighted by Crippen LogP contribution is 2.43. The molecule has 0 N–H and O–H groups in total. The van der Waals surface area contributed by atoms with Gasteiger partial charge in [-0.1, -0.05) is 152 Å². The number of hydrogen-bond donors (Lipinski definition) is 0. The largest absolute Gasteiger partial charge is 0.455 e. The second-order valence-corrected chi connectivity index (χ2v) is 11.7. The van der Waals surface area contributed by atoms with E-state index in [2.05, 4.69) is 24.3 Å². The number of nitrogens with zero attached hydrogens (tertiary/aromatic N) is 3. The van der Waals surface area contributed by atoms with E-state index in [-0.39, 0.29) is 17.6 Å². The molecular weight excluding hydrogens is 599 g/mol. The predicted molar refractivity (Wildman–Crippen MR) is 200 cm³/mol. The summed E-state index contributed by atoms with van der Waals surface area (Å²) >= 11 is 0. The standard InChI is InChI=1S/C45H29N3O/c1-5-15-30(16-6-1)34-23-13-24-35(27-34)44-46-43(33-21-11-4-12-22-33)47-45(48-44)37-25-14-26-40-41(37)39-29-36(31-17-7-2-8-18-31)28-38(42(39)49-40)32-19-9-3-10-20-32/h1-29H/i3D,9D,10D,19D,20D. The number of hydrogen-bond acceptors (Lipinski definition) is 4. The van der Waals surface area contributed by atoms with Crippen molar-refractivity contribution >= 4 is 21.9 Å². The van der Waals surface area contributed by atoms with Crippen LogP contribution < -0.4 is 0 Å².